The highest BCUT2D eigenvalue weighted by molar-refractivity contribution is 5.92. The number of carbonyl (C=O) groups excluding carboxylic acids is 2. The quantitative estimate of drug-likeness (QED) is 0.329. The molecule has 1 atom stereocenters. The number of unbranched alkanes of at least 4 members (excludes halogenated alkanes) is 1. The van der Waals surface area contributed by atoms with Crippen molar-refractivity contribution < 1.29 is 14.3 Å². The SMILES string of the molecule is CCCCOCCCNC(=O)[C@@H](Cc1ccccc1)NC(=O)C(c1ccccc1)c1ccccc1. The van der Waals surface area contributed by atoms with E-state index in [1.165, 1.54) is 0 Å². The van der Waals surface area contributed by atoms with Gasteiger partial charge in [0.2, 0.25) is 11.8 Å². The first-order valence-electron chi connectivity index (χ1n) is 12.5. The smallest absolute Gasteiger partial charge is 0.242 e. The van der Waals surface area contributed by atoms with Gasteiger partial charge in [-0.15, -0.1) is 0 Å². The van der Waals surface area contributed by atoms with E-state index < -0.39 is 12.0 Å². The Morgan fingerprint density at radius 3 is 1.86 bits per heavy atom. The molecule has 2 amide bonds. The van der Waals surface area contributed by atoms with Crippen molar-refractivity contribution >= 4 is 11.8 Å². The third-order valence-corrected chi connectivity index (χ3v) is 5.85. The summed E-state index contributed by atoms with van der Waals surface area (Å²) in [5, 5.41) is 6.03. The van der Waals surface area contributed by atoms with Crippen molar-refractivity contribution in [3.63, 3.8) is 0 Å². The normalized spacial score (nSPS) is 11.7. The van der Waals surface area contributed by atoms with Crippen LogP contribution >= 0.6 is 0 Å². The molecule has 0 aliphatic rings. The van der Waals surface area contributed by atoms with Crippen molar-refractivity contribution in [2.24, 2.45) is 0 Å². The fourth-order valence-electron chi connectivity index (χ4n) is 3.96. The van der Waals surface area contributed by atoms with Crippen LogP contribution in [0.5, 0.6) is 0 Å². The first-order valence-corrected chi connectivity index (χ1v) is 12.5. The van der Waals surface area contributed by atoms with Crippen molar-refractivity contribution in [1.29, 1.82) is 0 Å². The van der Waals surface area contributed by atoms with E-state index in [4.69, 9.17) is 4.74 Å². The van der Waals surface area contributed by atoms with Gasteiger partial charge in [-0.1, -0.05) is 104 Å². The van der Waals surface area contributed by atoms with E-state index in [2.05, 4.69) is 17.6 Å². The minimum absolute atomic E-state index is 0.185. The lowest BCUT2D eigenvalue weighted by molar-refractivity contribution is -0.129. The van der Waals surface area contributed by atoms with E-state index >= 15 is 0 Å². The second-order valence-electron chi connectivity index (χ2n) is 8.62. The van der Waals surface area contributed by atoms with Gasteiger partial charge < -0.3 is 15.4 Å². The average Bonchev–Trinajstić information content (AvgIpc) is 2.89. The number of nitrogens with one attached hydrogen (secondary N) is 2. The second kappa shape index (κ2) is 14.7. The molecule has 5 heteroatoms. The van der Waals surface area contributed by atoms with Crippen LogP contribution in [0.1, 0.15) is 48.8 Å². The third-order valence-electron chi connectivity index (χ3n) is 5.85. The van der Waals surface area contributed by atoms with Gasteiger partial charge in [-0.3, -0.25) is 9.59 Å². The van der Waals surface area contributed by atoms with Gasteiger partial charge >= 0.3 is 0 Å². The van der Waals surface area contributed by atoms with Gasteiger partial charge in [0, 0.05) is 26.2 Å². The standard InChI is InChI=1S/C30H36N2O3/c1-2-3-21-35-22-13-20-31-29(33)27(23-24-14-7-4-8-15-24)32-30(34)28(25-16-9-5-10-17-25)26-18-11-6-12-19-26/h4-12,14-19,27-28H,2-3,13,20-23H2,1H3,(H,31,33)(H,32,34)/t27-/m1/s1. The minimum Gasteiger partial charge on any atom is -0.381 e. The highest BCUT2D eigenvalue weighted by Gasteiger charge is 2.28. The van der Waals surface area contributed by atoms with Crippen molar-refractivity contribution in [2.45, 2.75) is 44.6 Å². The van der Waals surface area contributed by atoms with Gasteiger partial charge in [0.15, 0.2) is 0 Å². The molecule has 0 bridgehead atoms. The van der Waals surface area contributed by atoms with E-state index in [-0.39, 0.29) is 11.8 Å². The number of hydrogen-bond acceptors (Lipinski definition) is 3. The van der Waals surface area contributed by atoms with E-state index in [1.54, 1.807) is 0 Å². The molecule has 0 aliphatic heterocycles. The lowest BCUT2D eigenvalue weighted by atomic mass is 9.90. The summed E-state index contributed by atoms with van der Waals surface area (Å²) in [5.41, 5.74) is 2.77. The zero-order valence-electron chi connectivity index (χ0n) is 20.5. The molecule has 0 fully saturated rings. The lowest BCUT2D eigenvalue weighted by Crippen LogP contribution is -2.49. The average molecular weight is 473 g/mol. The number of amides is 2. The van der Waals surface area contributed by atoms with Gasteiger partial charge in [-0.25, -0.2) is 0 Å². The Kier molecular flexibility index (Phi) is 11.0. The Labute approximate surface area is 208 Å². The largest absolute Gasteiger partial charge is 0.381 e. The summed E-state index contributed by atoms with van der Waals surface area (Å²) in [4.78, 5) is 26.8. The van der Waals surface area contributed by atoms with Gasteiger partial charge in [0.05, 0.1) is 5.92 Å². The molecule has 0 heterocycles. The molecule has 35 heavy (non-hydrogen) atoms. The molecule has 0 unspecified atom stereocenters. The number of hydrogen-bond donors (Lipinski definition) is 2. The number of ether oxygens (including phenoxy) is 1. The summed E-state index contributed by atoms with van der Waals surface area (Å²) in [7, 11) is 0. The Hall–Kier alpha value is -3.44. The van der Waals surface area contributed by atoms with Crippen molar-refractivity contribution in [1.82, 2.24) is 10.6 Å². The van der Waals surface area contributed by atoms with E-state index in [1.807, 2.05) is 91.0 Å². The summed E-state index contributed by atoms with van der Waals surface area (Å²) in [6, 6.07) is 28.4. The molecule has 3 aromatic rings. The molecular weight excluding hydrogens is 436 g/mol. The molecule has 0 aliphatic carbocycles. The summed E-state index contributed by atoms with van der Waals surface area (Å²) < 4.78 is 5.58. The highest BCUT2D eigenvalue weighted by atomic mass is 16.5. The van der Waals surface area contributed by atoms with Crippen LogP contribution in [0.25, 0.3) is 0 Å². The molecule has 0 radical (unpaired) electrons. The molecule has 2 N–H and O–H groups in total. The van der Waals surface area contributed by atoms with Crippen LogP contribution in [-0.4, -0.2) is 37.6 Å². The molecule has 0 saturated carbocycles. The monoisotopic (exact) mass is 472 g/mol. The Bertz CT molecular complexity index is 970. The molecule has 3 aromatic carbocycles. The predicted octanol–water partition coefficient (Wildman–Crippen LogP) is 4.87. The van der Waals surface area contributed by atoms with Crippen molar-refractivity contribution in [3.05, 3.63) is 108 Å². The van der Waals surface area contributed by atoms with Crippen LogP contribution in [0.2, 0.25) is 0 Å². The maximum absolute atomic E-state index is 13.6. The zero-order valence-corrected chi connectivity index (χ0v) is 20.5. The molecule has 3 rings (SSSR count). The molecular formula is C30H36N2O3. The molecule has 0 saturated heterocycles. The van der Waals surface area contributed by atoms with Crippen molar-refractivity contribution in [3.8, 4) is 0 Å². The number of benzene rings is 3. The minimum atomic E-state index is -0.680. The molecule has 5 nitrogen and oxygen atoms in total. The van der Waals surface area contributed by atoms with Crippen LogP contribution in [-0.2, 0) is 20.7 Å². The third kappa shape index (κ3) is 8.69. The molecule has 184 valence electrons. The van der Waals surface area contributed by atoms with Gasteiger partial charge in [0.25, 0.3) is 0 Å². The van der Waals surface area contributed by atoms with Crippen LogP contribution in [0.4, 0.5) is 0 Å². The number of rotatable bonds is 14. The van der Waals surface area contributed by atoms with Crippen LogP contribution < -0.4 is 10.6 Å². The molecule has 0 spiro atoms. The Morgan fingerprint density at radius 1 is 0.743 bits per heavy atom. The lowest BCUT2D eigenvalue weighted by Gasteiger charge is -2.23. The van der Waals surface area contributed by atoms with Crippen LogP contribution in [0.15, 0.2) is 91.0 Å². The first kappa shape index (κ1) is 26.2. The predicted molar refractivity (Wildman–Crippen MR) is 140 cm³/mol. The van der Waals surface area contributed by atoms with Crippen LogP contribution in [0, 0.1) is 0 Å². The topological polar surface area (TPSA) is 67.4 Å². The maximum Gasteiger partial charge on any atom is 0.242 e. The zero-order chi connectivity index (χ0) is 24.7. The second-order valence-corrected chi connectivity index (χ2v) is 8.62. The Balaban J connectivity index is 1.71. The number of carbonyl (C=O) groups is 2. The van der Waals surface area contributed by atoms with Gasteiger partial charge in [0.1, 0.15) is 6.04 Å². The maximum atomic E-state index is 13.6. The fourth-order valence-corrected chi connectivity index (χ4v) is 3.96. The van der Waals surface area contributed by atoms with E-state index in [0.717, 1.165) is 42.6 Å². The van der Waals surface area contributed by atoms with Crippen LogP contribution in [0.3, 0.4) is 0 Å². The first-order chi connectivity index (χ1) is 17.2. The van der Waals surface area contributed by atoms with Gasteiger partial charge in [-0.05, 0) is 29.5 Å². The van der Waals surface area contributed by atoms with E-state index in [0.29, 0.717) is 19.6 Å². The summed E-state index contributed by atoms with van der Waals surface area (Å²) in [6.45, 7) is 4.00. The highest BCUT2D eigenvalue weighted by Crippen LogP contribution is 2.25. The van der Waals surface area contributed by atoms with Crippen molar-refractivity contribution in [2.75, 3.05) is 19.8 Å². The van der Waals surface area contributed by atoms with E-state index in [9.17, 15) is 9.59 Å². The summed E-state index contributed by atoms with van der Waals surface area (Å²) in [5.74, 6) is -0.882. The Morgan fingerprint density at radius 2 is 1.29 bits per heavy atom. The fraction of sp³-hybridized carbons (Fsp3) is 0.333. The summed E-state index contributed by atoms with van der Waals surface area (Å²) in [6.07, 6.45) is 3.30. The summed E-state index contributed by atoms with van der Waals surface area (Å²) >= 11 is 0. The van der Waals surface area contributed by atoms with Gasteiger partial charge in [-0.2, -0.15) is 0 Å². The molecule has 0 aromatic heterocycles.